The Kier molecular flexibility index (Phi) is 1.17. The van der Waals surface area contributed by atoms with Crippen molar-refractivity contribution in [2.75, 3.05) is 0 Å². The summed E-state index contributed by atoms with van der Waals surface area (Å²) in [6.45, 7) is 0. The maximum Gasteiger partial charge on any atom is 0.222 e. The number of β-lactam (4-membered cyclic amide) rings is 1. The smallest absolute Gasteiger partial charge is 0.222 e. The van der Waals surface area contributed by atoms with E-state index in [0.717, 1.165) is 0 Å². The summed E-state index contributed by atoms with van der Waals surface area (Å²) >= 11 is 0. The summed E-state index contributed by atoms with van der Waals surface area (Å²) < 4.78 is 0. The summed E-state index contributed by atoms with van der Waals surface area (Å²) in [5.41, 5.74) is 0.000579. The number of amides is 1. The fraction of sp³-hybridized carbons (Fsp3) is 0.364. The molecule has 1 spiro atoms. The van der Waals surface area contributed by atoms with Gasteiger partial charge in [0.1, 0.15) is 0 Å². The molecule has 0 aromatic rings. The van der Waals surface area contributed by atoms with Crippen molar-refractivity contribution in [3.63, 3.8) is 0 Å². The molecule has 2 heteroatoms. The average molecular weight is 173 g/mol. The molecule has 1 saturated heterocycles. The lowest BCUT2D eigenvalue weighted by atomic mass is 9.72. The van der Waals surface area contributed by atoms with Gasteiger partial charge < -0.3 is 5.32 Å². The first-order valence-corrected chi connectivity index (χ1v) is 4.66. The first-order chi connectivity index (χ1) is 6.31. The highest BCUT2D eigenvalue weighted by Crippen LogP contribution is 2.44. The minimum Gasteiger partial charge on any atom is -0.348 e. The fourth-order valence-electron chi connectivity index (χ4n) is 2.55. The SMILES string of the molecule is O=C1CC2(N1)C1C=CC=CC2C=C1. The second-order valence-corrected chi connectivity index (χ2v) is 3.97. The third kappa shape index (κ3) is 0.755. The van der Waals surface area contributed by atoms with Crippen molar-refractivity contribution in [1.29, 1.82) is 0 Å². The third-order valence-corrected chi connectivity index (χ3v) is 3.29. The molecule has 1 amide bonds. The van der Waals surface area contributed by atoms with Crippen molar-refractivity contribution < 1.29 is 4.79 Å². The number of carbonyl (C=O) groups is 1. The lowest BCUT2D eigenvalue weighted by Gasteiger charge is -2.46. The molecule has 1 N–H and O–H groups in total. The molecule has 1 heterocycles. The average Bonchev–Trinajstić information content (AvgIpc) is 2.21. The standard InChI is InChI=1S/C11H11NO/c13-10-7-11(12-10)8-3-1-2-4-9(11)6-5-8/h1-6,8-9H,7H2,(H,12,13). The van der Waals surface area contributed by atoms with Gasteiger partial charge in [0, 0.05) is 11.8 Å². The van der Waals surface area contributed by atoms with Gasteiger partial charge in [-0.1, -0.05) is 36.5 Å². The number of rotatable bonds is 0. The second-order valence-electron chi connectivity index (χ2n) is 3.97. The van der Waals surface area contributed by atoms with E-state index in [-0.39, 0.29) is 11.4 Å². The molecule has 13 heavy (non-hydrogen) atoms. The minimum absolute atomic E-state index is 0.000579. The first kappa shape index (κ1) is 7.13. The van der Waals surface area contributed by atoms with E-state index in [2.05, 4.69) is 41.8 Å². The Morgan fingerprint density at radius 3 is 2.15 bits per heavy atom. The quantitative estimate of drug-likeness (QED) is 0.432. The molecule has 2 unspecified atom stereocenters. The highest BCUT2D eigenvalue weighted by atomic mass is 16.2. The molecule has 0 radical (unpaired) electrons. The molecule has 2 atom stereocenters. The predicted molar refractivity (Wildman–Crippen MR) is 49.9 cm³/mol. The van der Waals surface area contributed by atoms with Crippen molar-refractivity contribution in [2.45, 2.75) is 12.0 Å². The van der Waals surface area contributed by atoms with Gasteiger partial charge in [-0.3, -0.25) is 4.79 Å². The Morgan fingerprint density at radius 2 is 1.69 bits per heavy atom. The van der Waals surface area contributed by atoms with Crippen LogP contribution in [0.1, 0.15) is 6.42 Å². The van der Waals surface area contributed by atoms with Gasteiger partial charge in [-0.15, -0.1) is 0 Å². The topological polar surface area (TPSA) is 29.1 Å². The van der Waals surface area contributed by atoms with E-state index in [9.17, 15) is 4.79 Å². The van der Waals surface area contributed by atoms with Crippen LogP contribution in [-0.4, -0.2) is 11.4 Å². The van der Waals surface area contributed by atoms with Gasteiger partial charge in [-0.25, -0.2) is 0 Å². The molecule has 0 aromatic carbocycles. The van der Waals surface area contributed by atoms with Crippen molar-refractivity contribution in [2.24, 2.45) is 11.8 Å². The molecule has 1 fully saturated rings. The maximum atomic E-state index is 11.0. The zero-order valence-corrected chi connectivity index (χ0v) is 7.23. The third-order valence-electron chi connectivity index (χ3n) is 3.29. The molecular weight excluding hydrogens is 162 g/mol. The van der Waals surface area contributed by atoms with Crippen molar-refractivity contribution >= 4 is 5.91 Å². The summed E-state index contributed by atoms with van der Waals surface area (Å²) in [5, 5.41) is 3.06. The van der Waals surface area contributed by atoms with Gasteiger partial charge in [-0.2, -0.15) is 0 Å². The number of hydrogen-bond donors (Lipinski definition) is 1. The molecule has 3 aliphatic rings. The summed E-state index contributed by atoms with van der Waals surface area (Å²) in [6, 6.07) is 0. The molecule has 66 valence electrons. The molecule has 2 aliphatic carbocycles. The fourth-order valence-corrected chi connectivity index (χ4v) is 2.55. The Hall–Kier alpha value is -1.31. The monoisotopic (exact) mass is 173 g/mol. The van der Waals surface area contributed by atoms with Gasteiger partial charge in [0.15, 0.2) is 0 Å². The van der Waals surface area contributed by atoms with Crippen molar-refractivity contribution in [1.82, 2.24) is 5.32 Å². The van der Waals surface area contributed by atoms with E-state index in [1.165, 1.54) is 0 Å². The van der Waals surface area contributed by atoms with E-state index in [1.54, 1.807) is 0 Å². The summed E-state index contributed by atoms with van der Waals surface area (Å²) in [5.74, 6) is 0.970. The molecule has 3 rings (SSSR count). The van der Waals surface area contributed by atoms with E-state index >= 15 is 0 Å². The van der Waals surface area contributed by atoms with Gasteiger partial charge in [-0.05, 0) is 0 Å². The molecule has 1 aliphatic heterocycles. The van der Waals surface area contributed by atoms with Gasteiger partial charge in [0.2, 0.25) is 5.91 Å². The molecule has 0 saturated carbocycles. The number of carbonyl (C=O) groups excluding carboxylic acids is 1. The predicted octanol–water partition coefficient (Wildman–Crippen LogP) is 1.17. The van der Waals surface area contributed by atoms with Crippen LogP contribution in [-0.2, 0) is 4.79 Å². The second kappa shape index (κ2) is 2.13. The first-order valence-electron chi connectivity index (χ1n) is 4.66. The van der Waals surface area contributed by atoms with E-state index in [0.29, 0.717) is 18.3 Å². The summed E-state index contributed by atoms with van der Waals surface area (Å²) in [4.78, 5) is 11.0. The van der Waals surface area contributed by atoms with Crippen LogP contribution < -0.4 is 5.32 Å². The highest BCUT2D eigenvalue weighted by molar-refractivity contribution is 5.86. The van der Waals surface area contributed by atoms with Crippen LogP contribution in [0.2, 0.25) is 0 Å². The molecule has 2 bridgehead atoms. The van der Waals surface area contributed by atoms with Crippen LogP contribution in [0.25, 0.3) is 0 Å². The van der Waals surface area contributed by atoms with Gasteiger partial charge >= 0.3 is 0 Å². The van der Waals surface area contributed by atoms with Crippen LogP contribution in [0.15, 0.2) is 36.5 Å². The van der Waals surface area contributed by atoms with Crippen molar-refractivity contribution in [3.8, 4) is 0 Å². The molecule has 2 nitrogen and oxygen atoms in total. The number of nitrogens with one attached hydrogen (secondary N) is 1. The van der Waals surface area contributed by atoms with Crippen LogP contribution >= 0.6 is 0 Å². The Labute approximate surface area is 77.0 Å². The Balaban J connectivity index is 2.03. The number of allylic oxidation sites excluding steroid dienone is 2. The lowest BCUT2D eigenvalue weighted by Crippen LogP contribution is -2.65. The minimum atomic E-state index is 0.000579. The van der Waals surface area contributed by atoms with Crippen LogP contribution in [0, 0.1) is 11.8 Å². The summed E-state index contributed by atoms with van der Waals surface area (Å²) in [7, 11) is 0. The van der Waals surface area contributed by atoms with Crippen LogP contribution in [0.4, 0.5) is 0 Å². The lowest BCUT2D eigenvalue weighted by molar-refractivity contribution is -0.134. The summed E-state index contributed by atoms with van der Waals surface area (Å²) in [6.07, 6.45) is 13.5. The molecule has 0 aromatic heterocycles. The van der Waals surface area contributed by atoms with E-state index in [1.807, 2.05) is 0 Å². The zero-order valence-electron chi connectivity index (χ0n) is 7.23. The Morgan fingerprint density at radius 1 is 1.15 bits per heavy atom. The van der Waals surface area contributed by atoms with E-state index < -0.39 is 0 Å². The van der Waals surface area contributed by atoms with Crippen LogP contribution in [0.3, 0.4) is 0 Å². The van der Waals surface area contributed by atoms with Gasteiger partial charge in [0.05, 0.1) is 12.0 Å². The van der Waals surface area contributed by atoms with Gasteiger partial charge in [0.25, 0.3) is 0 Å². The molecular formula is C11H11NO. The number of hydrogen-bond acceptors (Lipinski definition) is 1. The van der Waals surface area contributed by atoms with E-state index in [4.69, 9.17) is 0 Å². The highest BCUT2D eigenvalue weighted by Gasteiger charge is 2.53. The Bertz CT molecular complexity index is 319. The largest absolute Gasteiger partial charge is 0.348 e. The van der Waals surface area contributed by atoms with Crippen molar-refractivity contribution in [3.05, 3.63) is 36.5 Å². The zero-order chi connectivity index (χ0) is 8.89. The normalized spacial score (nSPS) is 44.8. The maximum absolute atomic E-state index is 11.0. The van der Waals surface area contributed by atoms with Crippen LogP contribution in [0.5, 0.6) is 0 Å².